The molecule has 0 spiro atoms. The Morgan fingerprint density at radius 1 is 0.907 bits per heavy atom. The highest BCUT2D eigenvalue weighted by atomic mass is 32.1. The zero-order chi connectivity index (χ0) is 31.0. The van der Waals surface area contributed by atoms with Crippen molar-refractivity contribution >= 4 is 17.3 Å². The molecule has 0 bridgehead atoms. The molecule has 0 aliphatic carbocycles. The zero-order valence-electron chi connectivity index (χ0n) is 22.9. The first-order valence-electron chi connectivity index (χ1n) is 13.6. The molecule has 0 radical (unpaired) electrons. The lowest BCUT2D eigenvalue weighted by molar-refractivity contribution is -0.337. The van der Waals surface area contributed by atoms with Gasteiger partial charge in [-0.15, -0.1) is 11.3 Å². The molecule has 43 heavy (non-hydrogen) atoms. The van der Waals surface area contributed by atoms with Crippen molar-refractivity contribution in [3.8, 4) is 10.4 Å². The van der Waals surface area contributed by atoms with Crippen molar-refractivity contribution in [2.75, 3.05) is 6.61 Å². The van der Waals surface area contributed by atoms with Crippen molar-refractivity contribution in [1.29, 1.82) is 0 Å². The van der Waals surface area contributed by atoms with Gasteiger partial charge in [-0.2, -0.15) is 0 Å². The second-order valence-corrected chi connectivity index (χ2v) is 11.9. The maximum Gasteiger partial charge on any atom is 0.335 e. The predicted molar refractivity (Wildman–Crippen MR) is 150 cm³/mol. The highest BCUT2D eigenvalue weighted by Gasteiger charge is 2.52. The predicted octanol–water partition coefficient (Wildman–Crippen LogP) is 0.885. The van der Waals surface area contributed by atoms with Gasteiger partial charge in [0.2, 0.25) is 0 Å². The van der Waals surface area contributed by atoms with Crippen LogP contribution in [0.1, 0.15) is 27.7 Å². The zero-order valence-corrected chi connectivity index (χ0v) is 23.8. The standard InChI is InChI=1S/C30H33FO11S/c1-13-2-3-15(10-16(13)11-18-8-9-20(43-18)14-4-6-17(31)7-5-14)26-27(23(35)21(33)19(12-32)40-26)41-30-25(37)22(34)24(36)28(42-30)29(38)39/h2-10,19,21-28,30,32-37H,11-12H2,1H3,(H,38,39)/t19?,21-,22+,23?,24+,25-,26+,27?,28+,30-/m1/s1. The van der Waals surface area contributed by atoms with Crippen molar-refractivity contribution in [3.63, 3.8) is 0 Å². The summed E-state index contributed by atoms with van der Waals surface area (Å²) < 4.78 is 30.3. The minimum atomic E-state index is -1.94. The molecule has 13 heteroatoms. The summed E-state index contributed by atoms with van der Waals surface area (Å²) >= 11 is 1.55. The molecule has 3 unspecified atom stereocenters. The molecule has 0 amide bonds. The molecule has 11 nitrogen and oxygen atoms in total. The van der Waals surface area contributed by atoms with Gasteiger partial charge < -0.3 is 50.0 Å². The van der Waals surface area contributed by atoms with Crippen LogP contribution in [0.25, 0.3) is 10.4 Å². The molecule has 232 valence electrons. The summed E-state index contributed by atoms with van der Waals surface area (Å²) in [6.07, 6.45) is -16.1. The molecular weight excluding hydrogens is 587 g/mol. The van der Waals surface area contributed by atoms with Crippen LogP contribution in [0.3, 0.4) is 0 Å². The normalized spacial score (nSPS) is 32.9. The van der Waals surface area contributed by atoms with E-state index in [9.17, 15) is 44.9 Å². The number of benzene rings is 2. The monoisotopic (exact) mass is 620 g/mol. The number of halogens is 1. The van der Waals surface area contributed by atoms with E-state index >= 15 is 0 Å². The Morgan fingerprint density at radius 2 is 1.63 bits per heavy atom. The van der Waals surface area contributed by atoms with Crippen LogP contribution in [0.4, 0.5) is 4.39 Å². The van der Waals surface area contributed by atoms with Gasteiger partial charge >= 0.3 is 5.97 Å². The lowest BCUT2D eigenvalue weighted by Crippen LogP contribution is -2.63. The SMILES string of the molecule is Cc1ccc([C@@H]2OC(CO)[C@@H](O)C(O)C2O[C@@H]2O[C@H](C(=O)O)[C@@H](O)[C@H](O)[C@H]2O)cc1Cc1ccc(-c2ccc(F)cc2)s1. The summed E-state index contributed by atoms with van der Waals surface area (Å²) in [4.78, 5) is 13.6. The number of aliphatic hydroxyl groups is 6. The van der Waals surface area contributed by atoms with E-state index in [-0.39, 0.29) is 5.82 Å². The van der Waals surface area contributed by atoms with Crippen LogP contribution in [0, 0.1) is 12.7 Å². The maximum atomic E-state index is 13.4. The van der Waals surface area contributed by atoms with Crippen LogP contribution >= 0.6 is 11.3 Å². The molecule has 10 atom stereocenters. The van der Waals surface area contributed by atoms with E-state index in [1.165, 1.54) is 12.1 Å². The van der Waals surface area contributed by atoms with Gasteiger partial charge in [0.25, 0.3) is 0 Å². The first-order chi connectivity index (χ1) is 20.5. The van der Waals surface area contributed by atoms with E-state index in [1.807, 2.05) is 31.2 Å². The molecule has 5 rings (SSSR count). The van der Waals surface area contributed by atoms with Gasteiger partial charge in [0.15, 0.2) is 12.4 Å². The highest BCUT2D eigenvalue weighted by molar-refractivity contribution is 7.15. The van der Waals surface area contributed by atoms with E-state index in [4.69, 9.17) is 14.2 Å². The molecule has 0 saturated carbocycles. The fraction of sp³-hybridized carbons (Fsp3) is 0.433. The number of aryl methyl sites for hydroxylation is 1. The average Bonchev–Trinajstić information content (AvgIpc) is 3.45. The van der Waals surface area contributed by atoms with Crippen molar-refractivity contribution in [3.05, 3.63) is 82.0 Å². The quantitative estimate of drug-likeness (QED) is 0.190. The third kappa shape index (κ3) is 6.51. The third-order valence-corrected chi connectivity index (χ3v) is 8.96. The molecule has 2 aromatic carbocycles. The van der Waals surface area contributed by atoms with E-state index in [0.717, 1.165) is 26.4 Å². The number of carbonyl (C=O) groups is 1. The largest absolute Gasteiger partial charge is 0.479 e. The summed E-state index contributed by atoms with van der Waals surface area (Å²) in [6.45, 7) is 1.29. The van der Waals surface area contributed by atoms with Crippen LogP contribution in [0.2, 0.25) is 0 Å². The molecule has 3 heterocycles. The van der Waals surface area contributed by atoms with E-state index in [1.54, 1.807) is 29.5 Å². The van der Waals surface area contributed by atoms with Crippen LogP contribution in [0.5, 0.6) is 0 Å². The van der Waals surface area contributed by atoms with E-state index in [2.05, 4.69) is 0 Å². The molecule has 1 aromatic heterocycles. The van der Waals surface area contributed by atoms with Crippen LogP contribution in [0.15, 0.2) is 54.6 Å². The Balaban J connectivity index is 1.42. The second-order valence-electron chi connectivity index (χ2n) is 10.7. The number of carboxylic acids is 1. The molecular formula is C30H33FO11S. The first-order valence-corrected chi connectivity index (χ1v) is 14.4. The lowest BCUT2D eigenvalue weighted by atomic mass is 9.89. The van der Waals surface area contributed by atoms with Gasteiger partial charge in [-0.3, -0.25) is 0 Å². The number of carboxylic acid groups (broad SMARTS) is 1. The van der Waals surface area contributed by atoms with Crippen LogP contribution in [-0.2, 0) is 25.4 Å². The van der Waals surface area contributed by atoms with Crippen molar-refractivity contribution in [2.45, 2.75) is 74.6 Å². The summed E-state index contributed by atoms with van der Waals surface area (Å²) in [5, 5.41) is 71.5. The number of hydrogen-bond donors (Lipinski definition) is 7. The fourth-order valence-corrected chi connectivity index (χ4v) is 6.36. The Bertz CT molecular complexity index is 1420. The second kappa shape index (κ2) is 13.0. The Labute approximate surface area is 250 Å². The fourth-order valence-electron chi connectivity index (χ4n) is 5.32. The molecule has 2 aliphatic heterocycles. The average molecular weight is 621 g/mol. The number of hydrogen-bond acceptors (Lipinski definition) is 11. The smallest absolute Gasteiger partial charge is 0.335 e. The van der Waals surface area contributed by atoms with Crippen LogP contribution in [-0.4, -0.2) is 103 Å². The van der Waals surface area contributed by atoms with Gasteiger partial charge in [0.1, 0.15) is 54.6 Å². The number of rotatable bonds is 8. The minimum Gasteiger partial charge on any atom is -0.479 e. The maximum absolute atomic E-state index is 13.4. The van der Waals surface area contributed by atoms with Gasteiger partial charge in [0.05, 0.1) is 6.61 Å². The van der Waals surface area contributed by atoms with Gasteiger partial charge in [0, 0.05) is 16.2 Å². The van der Waals surface area contributed by atoms with Gasteiger partial charge in [-0.05, 0) is 53.4 Å². The Kier molecular flexibility index (Phi) is 9.58. The minimum absolute atomic E-state index is 0.318. The van der Waals surface area contributed by atoms with Crippen molar-refractivity contribution < 1.29 is 59.1 Å². The topological polar surface area (TPSA) is 186 Å². The van der Waals surface area contributed by atoms with Crippen LogP contribution < -0.4 is 0 Å². The number of thiophene rings is 1. The number of aliphatic carboxylic acids is 1. The van der Waals surface area contributed by atoms with Crippen molar-refractivity contribution in [2.24, 2.45) is 0 Å². The molecule has 2 fully saturated rings. The van der Waals surface area contributed by atoms with Gasteiger partial charge in [-0.1, -0.05) is 30.3 Å². The van der Waals surface area contributed by atoms with Gasteiger partial charge in [-0.25, -0.2) is 9.18 Å². The third-order valence-electron chi connectivity index (χ3n) is 7.83. The number of aliphatic hydroxyl groups excluding tert-OH is 6. The lowest BCUT2D eigenvalue weighted by Gasteiger charge is -2.46. The molecule has 3 aromatic rings. The Morgan fingerprint density at radius 3 is 2.30 bits per heavy atom. The highest BCUT2D eigenvalue weighted by Crippen LogP contribution is 2.38. The van der Waals surface area contributed by atoms with Crippen molar-refractivity contribution in [1.82, 2.24) is 0 Å². The molecule has 2 aliphatic rings. The summed E-state index contributed by atoms with van der Waals surface area (Å²) in [5.74, 6) is -1.93. The summed E-state index contributed by atoms with van der Waals surface area (Å²) in [6, 6.07) is 15.5. The van der Waals surface area contributed by atoms with E-state index in [0.29, 0.717) is 12.0 Å². The number of ether oxygens (including phenoxy) is 3. The van der Waals surface area contributed by atoms with E-state index < -0.39 is 73.8 Å². The molecule has 2 saturated heterocycles. The molecule has 7 N–H and O–H groups in total. The summed E-state index contributed by atoms with van der Waals surface area (Å²) in [5.41, 5.74) is 3.22. The Hall–Kier alpha value is -2.82. The first kappa shape index (κ1) is 31.6. The summed E-state index contributed by atoms with van der Waals surface area (Å²) in [7, 11) is 0.